The molecule has 0 aliphatic carbocycles. The summed E-state index contributed by atoms with van der Waals surface area (Å²) in [6.07, 6.45) is 7.82. The topological polar surface area (TPSA) is 74.5 Å². The lowest BCUT2D eigenvalue weighted by atomic mass is 10.2. The lowest BCUT2D eigenvalue weighted by Gasteiger charge is -2.34. The van der Waals surface area contributed by atoms with Crippen LogP contribution >= 0.6 is 0 Å². The minimum Gasteiger partial charge on any atom is -0.464 e. The van der Waals surface area contributed by atoms with E-state index in [4.69, 9.17) is 4.42 Å². The molecule has 1 saturated heterocycles. The van der Waals surface area contributed by atoms with Crippen molar-refractivity contribution in [2.45, 2.75) is 13.0 Å². The Morgan fingerprint density at radius 1 is 1.15 bits per heavy atom. The molecular formula is C20H23N5O2. The van der Waals surface area contributed by atoms with Gasteiger partial charge in [0, 0.05) is 75.2 Å². The Balaban J connectivity index is 1.23. The van der Waals surface area contributed by atoms with Gasteiger partial charge in [0.1, 0.15) is 5.58 Å². The van der Waals surface area contributed by atoms with E-state index >= 15 is 0 Å². The van der Waals surface area contributed by atoms with Crippen LogP contribution in [0.25, 0.3) is 11.0 Å². The molecule has 1 fully saturated rings. The highest BCUT2D eigenvalue weighted by Gasteiger charge is 2.21. The third kappa shape index (κ3) is 4.25. The largest absolute Gasteiger partial charge is 0.464 e. The molecule has 3 heterocycles. The van der Waals surface area contributed by atoms with Crippen molar-refractivity contribution in [3.8, 4) is 0 Å². The van der Waals surface area contributed by atoms with Gasteiger partial charge in [-0.3, -0.25) is 14.9 Å². The van der Waals surface area contributed by atoms with Crippen LogP contribution < -0.4 is 5.32 Å². The number of benzene rings is 1. The number of nitrogens with one attached hydrogen (secondary N) is 1. The molecule has 0 radical (unpaired) electrons. The number of fused-ring (bicyclic) bond motifs is 1. The SMILES string of the molecule is O=C(NCc1coc2ccccc12)N1CCN(CCc2cnccn2)CC1. The summed E-state index contributed by atoms with van der Waals surface area (Å²) in [5.74, 6) is 0. The Morgan fingerprint density at radius 3 is 2.81 bits per heavy atom. The van der Waals surface area contributed by atoms with Crippen LogP contribution in [0.15, 0.2) is 53.5 Å². The van der Waals surface area contributed by atoms with Crippen molar-refractivity contribution in [3.63, 3.8) is 0 Å². The minimum absolute atomic E-state index is 0.0196. The minimum atomic E-state index is -0.0196. The van der Waals surface area contributed by atoms with Crippen molar-refractivity contribution in [2.24, 2.45) is 0 Å². The van der Waals surface area contributed by atoms with Crippen molar-refractivity contribution in [1.82, 2.24) is 25.1 Å². The number of carbonyl (C=O) groups excluding carboxylic acids is 1. The molecule has 0 saturated carbocycles. The number of urea groups is 1. The van der Waals surface area contributed by atoms with Gasteiger partial charge < -0.3 is 14.6 Å². The van der Waals surface area contributed by atoms with Crippen LogP contribution in [0.5, 0.6) is 0 Å². The third-order valence-electron chi connectivity index (χ3n) is 4.95. The third-order valence-corrected chi connectivity index (χ3v) is 4.95. The molecule has 3 aromatic rings. The molecule has 0 spiro atoms. The van der Waals surface area contributed by atoms with Crippen molar-refractivity contribution >= 4 is 17.0 Å². The molecule has 1 N–H and O–H groups in total. The predicted octanol–water partition coefficient (Wildman–Crippen LogP) is 2.29. The van der Waals surface area contributed by atoms with Gasteiger partial charge in [-0.1, -0.05) is 18.2 Å². The Kier molecular flexibility index (Phi) is 5.29. The highest BCUT2D eigenvalue weighted by atomic mass is 16.3. The Morgan fingerprint density at radius 2 is 2.00 bits per heavy atom. The fraction of sp³-hybridized carbons (Fsp3) is 0.350. The quantitative estimate of drug-likeness (QED) is 0.751. The summed E-state index contributed by atoms with van der Waals surface area (Å²) in [5.41, 5.74) is 2.85. The second kappa shape index (κ2) is 8.18. The molecule has 1 aromatic carbocycles. The maximum atomic E-state index is 12.5. The first kappa shape index (κ1) is 17.5. The summed E-state index contributed by atoms with van der Waals surface area (Å²) in [5, 5.41) is 4.06. The van der Waals surface area contributed by atoms with E-state index in [9.17, 15) is 4.79 Å². The number of para-hydroxylation sites is 1. The molecule has 0 atom stereocenters. The van der Waals surface area contributed by atoms with E-state index in [1.165, 1.54) is 0 Å². The van der Waals surface area contributed by atoms with E-state index in [0.29, 0.717) is 6.54 Å². The molecule has 4 rings (SSSR count). The van der Waals surface area contributed by atoms with Gasteiger partial charge in [0.25, 0.3) is 0 Å². The molecule has 7 heteroatoms. The van der Waals surface area contributed by atoms with Gasteiger partial charge >= 0.3 is 6.03 Å². The summed E-state index contributed by atoms with van der Waals surface area (Å²) in [7, 11) is 0. The normalized spacial score (nSPS) is 15.2. The van der Waals surface area contributed by atoms with Crippen LogP contribution in [0.1, 0.15) is 11.3 Å². The smallest absolute Gasteiger partial charge is 0.317 e. The number of rotatable bonds is 5. The number of nitrogens with zero attached hydrogens (tertiary/aromatic N) is 4. The summed E-state index contributed by atoms with van der Waals surface area (Å²) in [6, 6.07) is 7.84. The van der Waals surface area contributed by atoms with Crippen LogP contribution in [-0.2, 0) is 13.0 Å². The first-order valence-electron chi connectivity index (χ1n) is 9.25. The maximum Gasteiger partial charge on any atom is 0.317 e. The standard InChI is InChI=1S/C20H23N5O2/c26-20(23-13-16-15-27-19-4-2-1-3-18(16)19)25-11-9-24(10-12-25)8-5-17-14-21-6-7-22-17/h1-4,6-7,14-15H,5,8-13H2,(H,23,26). The van der Waals surface area contributed by atoms with Crippen LogP contribution in [0.2, 0.25) is 0 Å². The number of aromatic nitrogens is 2. The average Bonchev–Trinajstić information content (AvgIpc) is 3.15. The van der Waals surface area contributed by atoms with Crippen molar-refractivity contribution in [2.75, 3.05) is 32.7 Å². The van der Waals surface area contributed by atoms with Crippen molar-refractivity contribution in [3.05, 3.63) is 60.4 Å². The van der Waals surface area contributed by atoms with E-state index in [0.717, 1.165) is 61.4 Å². The van der Waals surface area contributed by atoms with E-state index in [1.807, 2.05) is 35.4 Å². The van der Waals surface area contributed by atoms with Gasteiger partial charge in [0.2, 0.25) is 0 Å². The van der Waals surface area contributed by atoms with Crippen LogP contribution in [0, 0.1) is 0 Å². The summed E-state index contributed by atoms with van der Waals surface area (Å²) in [6.45, 7) is 4.64. The number of amides is 2. The number of carbonyl (C=O) groups is 1. The van der Waals surface area contributed by atoms with Crippen LogP contribution in [0.4, 0.5) is 4.79 Å². The first-order chi connectivity index (χ1) is 13.3. The fourth-order valence-electron chi connectivity index (χ4n) is 3.36. The van der Waals surface area contributed by atoms with Gasteiger partial charge in [-0.05, 0) is 6.07 Å². The molecular weight excluding hydrogens is 342 g/mol. The van der Waals surface area contributed by atoms with E-state index < -0.39 is 0 Å². The molecule has 0 unspecified atom stereocenters. The molecule has 0 bridgehead atoms. The van der Waals surface area contributed by atoms with E-state index in [2.05, 4.69) is 20.2 Å². The zero-order valence-electron chi connectivity index (χ0n) is 15.2. The van der Waals surface area contributed by atoms with E-state index in [1.54, 1.807) is 18.7 Å². The second-order valence-corrected chi connectivity index (χ2v) is 6.69. The summed E-state index contributed by atoms with van der Waals surface area (Å²) in [4.78, 5) is 25.1. The molecule has 1 aliphatic rings. The van der Waals surface area contributed by atoms with Gasteiger partial charge in [-0.2, -0.15) is 0 Å². The first-order valence-corrected chi connectivity index (χ1v) is 9.25. The molecule has 7 nitrogen and oxygen atoms in total. The average molecular weight is 365 g/mol. The summed E-state index contributed by atoms with van der Waals surface area (Å²) < 4.78 is 5.52. The number of hydrogen-bond acceptors (Lipinski definition) is 5. The maximum absolute atomic E-state index is 12.5. The Hall–Kier alpha value is -2.93. The lowest BCUT2D eigenvalue weighted by Crippen LogP contribution is -2.51. The Labute approximate surface area is 158 Å². The summed E-state index contributed by atoms with van der Waals surface area (Å²) >= 11 is 0. The lowest BCUT2D eigenvalue weighted by molar-refractivity contribution is 0.139. The molecule has 27 heavy (non-hydrogen) atoms. The predicted molar refractivity (Wildman–Crippen MR) is 102 cm³/mol. The van der Waals surface area contributed by atoms with Gasteiger partial charge in [0.05, 0.1) is 12.0 Å². The van der Waals surface area contributed by atoms with Crippen LogP contribution in [0.3, 0.4) is 0 Å². The van der Waals surface area contributed by atoms with Gasteiger partial charge in [-0.15, -0.1) is 0 Å². The van der Waals surface area contributed by atoms with E-state index in [-0.39, 0.29) is 6.03 Å². The highest BCUT2D eigenvalue weighted by molar-refractivity contribution is 5.81. The number of piperazine rings is 1. The van der Waals surface area contributed by atoms with Crippen LogP contribution in [-0.4, -0.2) is 58.5 Å². The molecule has 140 valence electrons. The van der Waals surface area contributed by atoms with Crippen molar-refractivity contribution < 1.29 is 9.21 Å². The monoisotopic (exact) mass is 365 g/mol. The molecule has 2 aromatic heterocycles. The second-order valence-electron chi connectivity index (χ2n) is 6.69. The zero-order chi connectivity index (χ0) is 18.5. The number of furan rings is 1. The fourth-order valence-corrected chi connectivity index (χ4v) is 3.36. The van der Waals surface area contributed by atoms with Crippen molar-refractivity contribution in [1.29, 1.82) is 0 Å². The Bertz CT molecular complexity index is 888. The van der Waals surface area contributed by atoms with Gasteiger partial charge in [0.15, 0.2) is 0 Å². The zero-order valence-corrected chi connectivity index (χ0v) is 15.2. The molecule has 2 amide bonds. The van der Waals surface area contributed by atoms with Gasteiger partial charge in [-0.25, -0.2) is 4.79 Å². The highest BCUT2D eigenvalue weighted by Crippen LogP contribution is 2.20. The number of hydrogen-bond donors (Lipinski definition) is 1. The molecule has 1 aliphatic heterocycles.